The van der Waals surface area contributed by atoms with Crippen LogP contribution in [0.4, 0.5) is 0 Å². The highest BCUT2D eigenvalue weighted by atomic mass is 16.2. The number of carbonyl (C=O) groups is 4. The molecule has 2 aliphatic rings. The molecule has 2 aromatic heterocycles. The minimum Gasteiger partial charge on any atom is -0.292 e. The quantitative estimate of drug-likeness (QED) is 0.441. The zero-order valence-electron chi connectivity index (χ0n) is 17.5. The van der Waals surface area contributed by atoms with Gasteiger partial charge >= 0.3 is 0 Å². The second kappa shape index (κ2) is 6.89. The lowest BCUT2D eigenvalue weighted by molar-refractivity contribution is 0.0547. The van der Waals surface area contributed by atoms with Crippen LogP contribution in [0.1, 0.15) is 52.8 Å². The molecule has 8 heteroatoms. The Hall–Kier alpha value is -4.72. The van der Waals surface area contributed by atoms with E-state index in [1.807, 2.05) is 0 Å². The second-order valence-corrected chi connectivity index (χ2v) is 8.10. The van der Waals surface area contributed by atoms with Crippen LogP contribution in [0.3, 0.4) is 0 Å². The number of ketones is 4. The molecule has 0 spiro atoms. The molecule has 0 unspecified atom stereocenters. The molecule has 2 aromatic carbocycles. The average molecular weight is 446 g/mol. The van der Waals surface area contributed by atoms with Crippen molar-refractivity contribution in [3.63, 3.8) is 0 Å². The second-order valence-electron chi connectivity index (χ2n) is 8.10. The Morgan fingerprint density at radius 1 is 0.471 bits per heavy atom. The molecule has 0 atom stereocenters. The number of Topliss-reactive ketones (excluding diaryl/α,β-unsaturated/α-hetero) is 4. The van der Waals surface area contributed by atoms with Crippen LogP contribution < -0.4 is 0 Å². The summed E-state index contributed by atoms with van der Waals surface area (Å²) in [4.78, 5) is 73.6. The lowest BCUT2D eigenvalue weighted by Crippen LogP contribution is -2.63. The van der Waals surface area contributed by atoms with E-state index in [-0.39, 0.29) is 33.6 Å². The summed E-state index contributed by atoms with van der Waals surface area (Å²) in [6.45, 7) is 0. The highest BCUT2D eigenvalue weighted by Crippen LogP contribution is 2.56. The maximum Gasteiger partial charge on any atom is 0.185 e. The lowest BCUT2D eigenvalue weighted by Gasteiger charge is -2.40. The van der Waals surface area contributed by atoms with Gasteiger partial charge in [-0.2, -0.15) is 0 Å². The number of benzene rings is 2. The molecule has 0 saturated carbocycles. The van der Waals surface area contributed by atoms with Gasteiger partial charge in [-0.15, -0.1) is 0 Å². The van der Waals surface area contributed by atoms with Gasteiger partial charge in [0.2, 0.25) is 0 Å². The van der Waals surface area contributed by atoms with Crippen LogP contribution in [0.2, 0.25) is 0 Å². The van der Waals surface area contributed by atoms with E-state index in [0.29, 0.717) is 0 Å². The van der Waals surface area contributed by atoms with Crippen molar-refractivity contribution in [3.8, 4) is 0 Å². The van der Waals surface area contributed by atoms with Crippen molar-refractivity contribution in [3.05, 3.63) is 119 Å². The van der Waals surface area contributed by atoms with Crippen molar-refractivity contribution < 1.29 is 19.2 Å². The van der Waals surface area contributed by atoms with E-state index in [9.17, 15) is 19.2 Å². The molecule has 2 aliphatic carbocycles. The van der Waals surface area contributed by atoms with E-state index < -0.39 is 34.0 Å². The zero-order valence-corrected chi connectivity index (χ0v) is 17.5. The van der Waals surface area contributed by atoms with E-state index >= 15 is 0 Å². The van der Waals surface area contributed by atoms with E-state index in [2.05, 4.69) is 19.9 Å². The molecule has 0 amide bonds. The summed E-state index contributed by atoms with van der Waals surface area (Å²) >= 11 is 0. The average Bonchev–Trinajstić information content (AvgIpc) is 3.26. The molecule has 0 N–H and O–H groups in total. The van der Waals surface area contributed by atoms with E-state index in [1.165, 1.54) is 61.4 Å². The van der Waals surface area contributed by atoms with Gasteiger partial charge in [-0.25, -0.2) is 19.9 Å². The highest BCUT2D eigenvalue weighted by molar-refractivity contribution is 6.45. The highest BCUT2D eigenvalue weighted by Gasteiger charge is 2.76. The molecule has 4 aromatic rings. The molecular weight excluding hydrogens is 432 g/mol. The number of hydrogen-bond acceptors (Lipinski definition) is 8. The molecule has 2 heterocycles. The fourth-order valence-corrected chi connectivity index (χ4v) is 5.33. The monoisotopic (exact) mass is 446 g/mol. The fourth-order valence-electron chi connectivity index (χ4n) is 5.33. The topological polar surface area (TPSA) is 120 Å². The number of hydrogen-bond donors (Lipinski definition) is 0. The number of nitrogens with zero attached hydrogens (tertiary/aromatic N) is 4. The van der Waals surface area contributed by atoms with Crippen molar-refractivity contribution in [2.24, 2.45) is 0 Å². The van der Waals surface area contributed by atoms with Crippen LogP contribution >= 0.6 is 0 Å². The van der Waals surface area contributed by atoms with Gasteiger partial charge in [0, 0.05) is 34.6 Å². The molecular formula is C26H14N4O4. The Balaban J connectivity index is 1.82. The summed E-state index contributed by atoms with van der Waals surface area (Å²) in [6.07, 6.45) is 5.12. The van der Waals surface area contributed by atoms with Crippen molar-refractivity contribution in [2.75, 3.05) is 0 Å². The predicted molar refractivity (Wildman–Crippen MR) is 118 cm³/mol. The molecule has 0 fully saturated rings. The normalized spacial score (nSPS) is 17.5. The van der Waals surface area contributed by atoms with Crippen molar-refractivity contribution in [1.82, 2.24) is 19.9 Å². The standard InChI is InChI=1S/C26H14N4O4/c31-21-15-5-1-2-6-16(15)22(32)25(21,19-9-11-27-13-29-19)26(20-10-12-28-14-30-20)23(33)17-7-3-4-8-18(17)24(26)34/h1-14H. The lowest BCUT2D eigenvalue weighted by atomic mass is 9.54. The summed E-state index contributed by atoms with van der Waals surface area (Å²) in [5.41, 5.74) is -4.20. The van der Waals surface area contributed by atoms with Crippen LogP contribution in [-0.2, 0) is 10.8 Å². The molecule has 0 saturated heterocycles. The van der Waals surface area contributed by atoms with Gasteiger partial charge < -0.3 is 0 Å². The first-order valence-corrected chi connectivity index (χ1v) is 10.5. The first kappa shape index (κ1) is 19.9. The van der Waals surface area contributed by atoms with Crippen molar-refractivity contribution >= 4 is 23.1 Å². The van der Waals surface area contributed by atoms with Crippen LogP contribution in [0.25, 0.3) is 0 Å². The maximum atomic E-state index is 14.3. The number of carbonyl (C=O) groups excluding carboxylic acids is 4. The zero-order chi connectivity index (χ0) is 23.5. The van der Waals surface area contributed by atoms with Gasteiger partial charge in [0.15, 0.2) is 34.0 Å². The van der Waals surface area contributed by atoms with Gasteiger partial charge in [0.1, 0.15) is 12.7 Å². The number of fused-ring (bicyclic) bond motifs is 2. The largest absolute Gasteiger partial charge is 0.292 e. The third kappa shape index (κ3) is 2.12. The number of rotatable bonds is 3. The summed E-state index contributed by atoms with van der Waals surface area (Å²) in [6, 6.07) is 15.4. The first-order chi connectivity index (χ1) is 16.6. The van der Waals surface area contributed by atoms with Gasteiger partial charge in [0.05, 0.1) is 11.4 Å². The molecule has 0 bridgehead atoms. The van der Waals surface area contributed by atoms with Crippen LogP contribution in [-0.4, -0.2) is 43.1 Å². The Kier molecular flexibility index (Phi) is 4.04. The Morgan fingerprint density at radius 2 is 0.794 bits per heavy atom. The third-order valence-electron chi connectivity index (χ3n) is 6.69. The summed E-state index contributed by atoms with van der Waals surface area (Å²) in [5.74, 6) is -2.72. The van der Waals surface area contributed by atoms with Gasteiger partial charge in [0.25, 0.3) is 0 Å². The first-order valence-electron chi connectivity index (χ1n) is 10.5. The molecule has 8 nitrogen and oxygen atoms in total. The van der Waals surface area contributed by atoms with Gasteiger partial charge in [-0.3, -0.25) is 19.2 Å². The maximum absolute atomic E-state index is 14.3. The Morgan fingerprint density at radius 3 is 1.06 bits per heavy atom. The third-order valence-corrected chi connectivity index (χ3v) is 6.69. The summed E-state index contributed by atoms with van der Waals surface area (Å²) in [7, 11) is 0. The van der Waals surface area contributed by atoms with E-state index in [0.717, 1.165) is 0 Å². The van der Waals surface area contributed by atoms with Gasteiger partial charge in [-0.1, -0.05) is 48.5 Å². The number of aromatic nitrogens is 4. The molecule has 162 valence electrons. The molecule has 34 heavy (non-hydrogen) atoms. The molecule has 0 aliphatic heterocycles. The van der Waals surface area contributed by atoms with Crippen molar-refractivity contribution in [1.29, 1.82) is 0 Å². The van der Waals surface area contributed by atoms with E-state index in [4.69, 9.17) is 0 Å². The summed E-state index contributed by atoms with van der Waals surface area (Å²) in [5, 5.41) is 0. The van der Waals surface area contributed by atoms with Gasteiger partial charge in [-0.05, 0) is 12.1 Å². The summed E-state index contributed by atoms with van der Waals surface area (Å²) < 4.78 is 0. The van der Waals surface area contributed by atoms with Crippen LogP contribution in [0.15, 0.2) is 85.7 Å². The minimum absolute atomic E-state index is 0.0400. The molecule has 6 rings (SSSR count). The van der Waals surface area contributed by atoms with Crippen LogP contribution in [0.5, 0.6) is 0 Å². The predicted octanol–water partition coefficient (Wildman–Crippen LogP) is 2.60. The SMILES string of the molecule is O=C1c2ccccc2C(=O)C1(c1ccncn1)C1(c2ccncn2)C(=O)c2ccccc2C1=O. The Bertz CT molecular complexity index is 1350. The fraction of sp³-hybridized carbons (Fsp3) is 0.0769. The Labute approximate surface area is 192 Å². The minimum atomic E-state index is -2.30. The molecule has 0 radical (unpaired) electrons. The van der Waals surface area contributed by atoms with Crippen molar-refractivity contribution in [2.45, 2.75) is 10.8 Å². The van der Waals surface area contributed by atoms with Crippen LogP contribution in [0, 0.1) is 0 Å². The van der Waals surface area contributed by atoms with E-state index in [1.54, 1.807) is 24.3 Å². The smallest absolute Gasteiger partial charge is 0.185 e.